The molecule has 3 heterocycles. The highest BCUT2D eigenvalue weighted by molar-refractivity contribution is 8.34. The fourth-order valence-electron chi connectivity index (χ4n) is 7.62. The smallest absolute Gasteiger partial charge is 0.125 e. The van der Waals surface area contributed by atoms with E-state index in [-0.39, 0.29) is 16.2 Å². The molecule has 0 saturated carbocycles. The van der Waals surface area contributed by atoms with Crippen LogP contribution in [0, 0.1) is 0 Å². The van der Waals surface area contributed by atoms with Crippen molar-refractivity contribution in [3.63, 3.8) is 0 Å². The van der Waals surface area contributed by atoms with Crippen LogP contribution in [-0.2, 0) is 16.2 Å². The topological polar surface area (TPSA) is 25.8 Å². The Labute approximate surface area is 301 Å². The Kier molecular flexibility index (Phi) is 10.2. The third-order valence-electron chi connectivity index (χ3n) is 11.9. The Morgan fingerprint density at radius 2 is 1.21 bits per heavy atom. The van der Waals surface area contributed by atoms with Crippen LogP contribution in [0.5, 0.6) is 0 Å². The van der Waals surface area contributed by atoms with Gasteiger partial charge in [-0.25, -0.2) is 9.97 Å². The van der Waals surface area contributed by atoms with E-state index in [4.69, 9.17) is 9.97 Å². The molecule has 2 nitrogen and oxygen atoms in total. The summed E-state index contributed by atoms with van der Waals surface area (Å²) < 4.78 is 0. The number of fused-ring (bicyclic) bond motifs is 6. The Hall–Kier alpha value is -1.95. The Morgan fingerprint density at radius 3 is 1.81 bits per heavy atom. The van der Waals surface area contributed by atoms with Gasteiger partial charge in [-0.3, -0.25) is 0 Å². The van der Waals surface area contributed by atoms with E-state index in [1.54, 1.807) is 0 Å². The van der Waals surface area contributed by atoms with Gasteiger partial charge in [0.25, 0.3) is 0 Å². The molecule has 6 rings (SSSR count). The van der Waals surface area contributed by atoms with Crippen molar-refractivity contribution in [3.8, 4) is 31.5 Å². The van der Waals surface area contributed by atoms with E-state index in [0.29, 0.717) is 0 Å². The van der Waals surface area contributed by atoms with E-state index in [1.807, 2.05) is 22.7 Å². The molecule has 0 spiro atoms. The first kappa shape index (κ1) is 35.9. The summed E-state index contributed by atoms with van der Waals surface area (Å²) in [5.41, 5.74) is 8.69. The van der Waals surface area contributed by atoms with Crippen LogP contribution in [0.3, 0.4) is 0 Å². The summed E-state index contributed by atoms with van der Waals surface area (Å²) in [6.07, 6.45) is 12.7. The zero-order valence-corrected chi connectivity index (χ0v) is 34.0. The molecule has 1 aliphatic carbocycles. The monoisotopic (exact) mass is 700 g/mol. The fraction of sp³-hybridized carbons (Fsp3) is 0.581. The maximum atomic E-state index is 5.71. The lowest BCUT2D eigenvalue weighted by molar-refractivity contribution is 0.500. The molecule has 0 radical (unpaired) electrons. The second-order valence-corrected chi connectivity index (χ2v) is 21.7. The average molecular weight is 701 g/mol. The van der Waals surface area contributed by atoms with Gasteiger partial charge >= 0.3 is 0 Å². The first-order chi connectivity index (χ1) is 22.8. The molecule has 1 aliphatic heterocycles. The molecule has 5 heteroatoms. The molecule has 2 aromatic carbocycles. The van der Waals surface area contributed by atoms with E-state index < -0.39 is 10.0 Å². The van der Waals surface area contributed by atoms with E-state index in [9.17, 15) is 0 Å². The van der Waals surface area contributed by atoms with Crippen LogP contribution in [-0.4, -0.2) is 21.5 Å². The van der Waals surface area contributed by atoms with Gasteiger partial charge in [-0.15, -0.1) is 22.7 Å². The van der Waals surface area contributed by atoms with Gasteiger partial charge in [0.1, 0.15) is 20.1 Å². The van der Waals surface area contributed by atoms with Gasteiger partial charge in [0.05, 0.1) is 9.75 Å². The molecule has 4 aromatic rings. The third-order valence-corrected chi connectivity index (χ3v) is 18.9. The van der Waals surface area contributed by atoms with E-state index in [2.05, 4.69) is 106 Å². The van der Waals surface area contributed by atoms with Crippen molar-refractivity contribution in [3.05, 3.63) is 58.1 Å². The molecule has 0 atom stereocenters. The van der Waals surface area contributed by atoms with Crippen LogP contribution in [0.2, 0.25) is 0 Å². The normalized spacial score (nSPS) is 16.5. The van der Waals surface area contributed by atoms with Crippen LogP contribution in [0.25, 0.3) is 31.5 Å². The van der Waals surface area contributed by atoms with Crippen LogP contribution in [0.15, 0.2) is 46.5 Å². The van der Waals surface area contributed by atoms with Gasteiger partial charge in [0.2, 0.25) is 0 Å². The van der Waals surface area contributed by atoms with Gasteiger partial charge in [-0.05, 0) is 76.5 Å². The number of thiazole rings is 2. The second kappa shape index (κ2) is 13.6. The molecule has 0 bridgehead atoms. The van der Waals surface area contributed by atoms with Crippen molar-refractivity contribution in [1.29, 1.82) is 0 Å². The molecule has 2 aromatic heterocycles. The molecule has 0 saturated heterocycles. The largest absolute Gasteiger partial charge is 0.235 e. The molecular formula is C43H60N2S3. The Bertz CT molecular complexity index is 1760. The van der Waals surface area contributed by atoms with Crippen molar-refractivity contribution in [2.75, 3.05) is 11.5 Å². The predicted octanol–water partition coefficient (Wildman–Crippen LogP) is 14.3. The Balaban J connectivity index is 1.44. The zero-order valence-electron chi connectivity index (χ0n) is 31.6. The number of unbranched alkanes of at least 4 members (excludes halogenated alkanes) is 6. The molecule has 48 heavy (non-hydrogen) atoms. The van der Waals surface area contributed by atoms with Crippen molar-refractivity contribution in [2.24, 2.45) is 0 Å². The molecule has 0 unspecified atom stereocenters. The molecule has 0 N–H and O–H groups in total. The van der Waals surface area contributed by atoms with Crippen molar-refractivity contribution in [2.45, 2.75) is 160 Å². The summed E-state index contributed by atoms with van der Waals surface area (Å²) >= 11 is 3.95. The van der Waals surface area contributed by atoms with Crippen LogP contribution < -0.4 is 0 Å². The zero-order chi connectivity index (χ0) is 34.5. The number of hydrogen-bond donors (Lipinski definition) is 0. The summed E-state index contributed by atoms with van der Waals surface area (Å²) in [6.45, 7) is 23.6. The van der Waals surface area contributed by atoms with E-state index in [0.717, 1.165) is 12.8 Å². The van der Waals surface area contributed by atoms with Gasteiger partial charge in [-0.2, -0.15) is 10.0 Å². The average Bonchev–Trinajstić information content (AvgIpc) is 3.82. The highest BCUT2D eigenvalue weighted by Crippen LogP contribution is 2.74. The summed E-state index contributed by atoms with van der Waals surface area (Å²) in [6, 6.07) is 14.5. The van der Waals surface area contributed by atoms with Crippen molar-refractivity contribution >= 4 is 32.7 Å². The van der Waals surface area contributed by atoms with Gasteiger partial charge in [0, 0.05) is 16.4 Å². The fourth-order valence-corrected chi connectivity index (χ4v) is 15.3. The maximum Gasteiger partial charge on any atom is 0.125 e. The number of rotatable bonds is 15. The van der Waals surface area contributed by atoms with Gasteiger partial charge in [0.15, 0.2) is 0 Å². The van der Waals surface area contributed by atoms with Crippen LogP contribution >= 0.6 is 32.7 Å². The standard InChI is InChI=1S/C43H60N2S3/c1-11-15-17-19-25-48(26-20-18-16-12-2)38-35(36-39(48)45-40(47-36)42(7,8)14-4)46-37(44-38)29-21-23-31-32-24-22-30(41(5,6)13-3)28-34(32)43(9,10)33(31)27-29/h21-24,27-28H,11-20,25-26H2,1-10H3. The molecule has 2 aliphatic rings. The number of nitrogens with zero attached hydrogens (tertiary/aromatic N) is 2. The number of aromatic nitrogens is 2. The second-order valence-electron chi connectivity index (χ2n) is 16.3. The highest BCUT2D eigenvalue weighted by Gasteiger charge is 2.46. The maximum absolute atomic E-state index is 5.71. The lowest BCUT2D eigenvalue weighted by Gasteiger charge is -2.35. The molecule has 0 amide bonds. The molecular weight excluding hydrogens is 641 g/mol. The third kappa shape index (κ3) is 6.06. The van der Waals surface area contributed by atoms with Crippen LogP contribution in [0.1, 0.15) is 155 Å². The van der Waals surface area contributed by atoms with E-state index >= 15 is 0 Å². The quantitative estimate of drug-likeness (QED) is 0.115. The first-order valence-electron chi connectivity index (χ1n) is 19.0. The lowest BCUT2D eigenvalue weighted by Crippen LogP contribution is -2.19. The number of hydrogen-bond acceptors (Lipinski definition) is 4. The first-order valence-corrected chi connectivity index (χ1v) is 22.6. The number of benzene rings is 2. The summed E-state index contributed by atoms with van der Waals surface area (Å²) in [4.78, 5) is 14.2. The minimum absolute atomic E-state index is 0.0421. The van der Waals surface area contributed by atoms with E-state index in [1.165, 1.54) is 126 Å². The molecule has 0 fully saturated rings. The minimum atomic E-state index is -1.28. The minimum Gasteiger partial charge on any atom is -0.235 e. The lowest BCUT2D eigenvalue weighted by atomic mass is 9.77. The Morgan fingerprint density at radius 1 is 0.646 bits per heavy atom. The summed E-state index contributed by atoms with van der Waals surface area (Å²) in [5.74, 6) is 2.50. The van der Waals surface area contributed by atoms with Gasteiger partial charge < -0.3 is 0 Å². The van der Waals surface area contributed by atoms with Crippen molar-refractivity contribution < 1.29 is 0 Å². The highest BCUT2D eigenvalue weighted by atomic mass is 32.3. The summed E-state index contributed by atoms with van der Waals surface area (Å²) in [5, 5.41) is 5.42. The summed E-state index contributed by atoms with van der Waals surface area (Å²) in [7, 11) is -1.28. The SMILES string of the molecule is CCCCCCS1(CCCCCC)c2nc(-c3ccc4c(c3)C(C)(C)c3cc(C(C)(C)CC)ccc3-4)sc2-c2sc(C(C)(C)CC)nc21. The van der Waals surface area contributed by atoms with Crippen LogP contribution in [0.4, 0.5) is 0 Å². The molecule has 260 valence electrons. The van der Waals surface area contributed by atoms with Crippen molar-refractivity contribution in [1.82, 2.24) is 9.97 Å². The van der Waals surface area contributed by atoms with Gasteiger partial charge in [-0.1, -0.05) is 138 Å². The predicted molar refractivity (Wildman–Crippen MR) is 215 cm³/mol.